The Morgan fingerprint density at radius 2 is 1.71 bits per heavy atom. The van der Waals surface area contributed by atoms with Gasteiger partial charge in [-0.15, -0.1) is 0 Å². The molecule has 0 unspecified atom stereocenters. The van der Waals surface area contributed by atoms with Gasteiger partial charge in [-0.25, -0.2) is 0 Å². The zero-order valence-electron chi connectivity index (χ0n) is 8.15. The first-order valence-corrected chi connectivity index (χ1v) is 5.53. The molecule has 0 aromatic rings. The third-order valence-electron chi connectivity index (χ3n) is 4.68. The van der Waals surface area contributed by atoms with Crippen molar-refractivity contribution < 1.29 is 15.0 Å². The maximum atomic E-state index is 11.3. The van der Waals surface area contributed by atoms with Crippen molar-refractivity contribution in [1.82, 2.24) is 0 Å². The Labute approximate surface area is 83.1 Å². The van der Waals surface area contributed by atoms with Gasteiger partial charge in [-0.1, -0.05) is 0 Å². The molecule has 4 saturated carbocycles. The normalized spacial score (nSPS) is 54.9. The third-order valence-corrected chi connectivity index (χ3v) is 4.68. The lowest BCUT2D eigenvalue weighted by molar-refractivity contribution is -0.191. The largest absolute Gasteiger partial charge is 0.481 e. The van der Waals surface area contributed by atoms with Crippen molar-refractivity contribution in [3.05, 3.63) is 0 Å². The van der Waals surface area contributed by atoms with Gasteiger partial charge in [-0.2, -0.15) is 0 Å². The number of rotatable bonds is 1. The van der Waals surface area contributed by atoms with Crippen LogP contribution in [0.4, 0.5) is 0 Å². The van der Waals surface area contributed by atoms with Crippen molar-refractivity contribution >= 4 is 5.97 Å². The Morgan fingerprint density at radius 1 is 1.14 bits per heavy atom. The van der Waals surface area contributed by atoms with Gasteiger partial charge < -0.3 is 10.2 Å². The van der Waals surface area contributed by atoms with Gasteiger partial charge in [-0.3, -0.25) is 4.79 Å². The summed E-state index contributed by atoms with van der Waals surface area (Å²) in [6.45, 7) is 0. The first-order chi connectivity index (χ1) is 6.62. The van der Waals surface area contributed by atoms with E-state index in [0.717, 1.165) is 25.7 Å². The molecule has 0 saturated heterocycles. The second kappa shape index (κ2) is 2.51. The van der Waals surface area contributed by atoms with Crippen LogP contribution in [-0.4, -0.2) is 22.3 Å². The Kier molecular flexibility index (Phi) is 1.56. The molecular weight excluding hydrogens is 180 g/mol. The van der Waals surface area contributed by atoms with E-state index in [9.17, 15) is 15.0 Å². The number of aliphatic hydroxyl groups is 1. The molecular formula is C11H16O3. The van der Waals surface area contributed by atoms with Crippen LogP contribution in [0.25, 0.3) is 0 Å². The minimum absolute atomic E-state index is 0.275. The smallest absolute Gasteiger partial charge is 0.312 e. The average molecular weight is 196 g/mol. The van der Waals surface area contributed by atoms with Crippen LogP contribution in [0.2, 0.25) is 0 Å². The second-order valence-electron chi connectivity index (χ2n) is 5.51. The van der Waals surface area contributed by atoms with E-state index in [1.165, 1.54) is 6.42 Å². The van der Waals surface area contributed by atoms with Crippen LogP contribution in [0.3, 0.4) is 0 Å². The van der Waals surface area contributed by atoms with Crippen LogP contribution in [-0.2, 0) is 4.79 Å². The van der Waals surface area contributed by atoms with Crippen LogP contribution >= 0.6 is 0 Å². The molecule has 4 rings (SSSR count). The summed E-state index contributed by atoms with van der Waals surface area (Å²) >= 11 is 0. The van der Waals surface area contributed by atoms with Crippen LogP contribution in [0, 0.1) is 23.2 Å². The van der Waals surface area contributed by atoms with Gasteiger partial charge in [0, 0.05) is 0 Å². The minimum atomic E-state index is -0.769. The van der Waals surface area contributed by atoms with Crippen LogP contribution < -0.4 is 0 Å². The molecule has 4 aliphatic carbocycles. The van der Waals surface area contributed by atoms with Crippen LogP contribution in [0.1, 0.15) is 32.1 Å². The molecule has 14 heavy (non-hydrogen) atoms. The first kappa shape index (κ1) is 8.72. The van der Waals surface area contributed by atoms with E-state index in [1.54, 1.807) is 0 Å². The summed E-state index contributed by atoms with van der Waals surface area (Å²) in [4.78, 5) is 11.3. The van der Waals surface area contributed by atoms with Crippen molar-refractivity contribution in [3.63, 3.8) is 0 Å². The molecule has 0 amide bonds. The predicted octanol–water partition coefficient (Wildman–Crippen LogP) is 1.26. The van der Waals surface area contributed by atoms with E-state index >= 15 is 0 Å². The summed E-state index contributed by atoms with van der Waals surface area (Å²) in [6, 6.07) is 0. The molecule has 78 valence electrons. The highest BCUT2D eigenvalue weighted by molar-refractivity contribution is 5.76. The molecule has 3 heteroatoms. The van der Waals surface area contributed by atoms with Gasteiger partial charge in [0.25, 0.3) is 0 Å². The Balaban J connectivity index is 2.01. The van der Waals surface area contributed by atoms with Gasteiger partial charge in [0.15, 0.2) is 0 Å². The van der Waals surface area contributed by atoms with Crippen LogP contribution in [0.5, 0.6) is 0 Å². The Morgan fingerprint density at radius 3 is 2.21 bits per heavy atom. The van der Waals surface area contributed by atoms with Gasteiger partial charge in [0.1, 0.15) is 0 Å². The van der Waals surface area contributed by atoms with E-state index in [1.807, 2.05) is 0 Å². The summed E-state index contributed by atoms with van der Waals surface area (Å²) in [5.41, 5.74) is -0.769. The first-order valence-electron chi connectivity index (χ1n) is 5.53. The van der Waals surface area contributed by atoms with Crippen molar-refractivity contribution in [3.8, 4) is 0 Å². The predicted molar refractivity (Wildman–Crippen MR) is 49.6 cm³/mol. The average Bonchev–Trinajstić information content (AvgIpc) is 2.12. The Bertz CT molecular complexity index is 272. The zero-order chi connectivity index (χ0) is 9.92. The van der Waals surface area contributed by atoms with Crippen molar-refractivity contribution in [2.24, 2.45) is 23.2 Å². The van der Waals surface area contributed by atoms with Gasteiger partial charge in [-0.05, 0) is 49.9 Å². The maximum absolute atomic E-state index is 11.3. The molecule has 0 aromatic carbocycles. The van der Waals surface area contributed by atoms with E-state index in [-0.39, 0.29) is 5.92 Å². The molecule has 4 fully saturated rings. The number of carboxylic acid groups (broad SMARTS) is 1. The summed E-state index contributed by atoms with van der Waals surface area (Å²) in [5, 5.41) is 19.4. The van der Waals surface area contributed by atoms with Crippen molar-refractivity contribution in [2.75, 3.05) is 0 Å². The molecule has 3 nitrogen and oxygen atoms in total. The van der Waals surface area contributed by atoms with Crippen molar-refractivity contribution in [1.29, 1.82) is 0 Å². The summed E-state index contributed by atoms with van der Waals surface area (Å²) in [5.74, 6) is 0.667. The Hall–Kier alpha value is -0.570. The van der Waals surface area contributed by atoms with E-state index in [2.05, 4.69) is 0 Å². The lowest BCUT2D eigenvalue weighted by Crippen LogP contribution is -2.59. The highest BCUT2D eigenvalue weighted by Gasteiger charge is 2.60. The topological polar surface area (TPSA) is 57.5 Å². The van der Waals surface area contributed by atoms with Crippen molar-refractivity contribution in [2.45, 2.75) is 38.2 Å². The molecule has 4 aliphatic rings. The number of carboxylic acids is 1. The third kappa shape index (κ3) is 0.888. The zero-order valence-corrected chi connectivity index (χ0v) is 8.15. The maximum Gasteiger partial charge on any atom is 0.312 e. The highest BCUT2D eigenvalue weighted by Crippen LogP contribution is 2.60. The molecule has 0 aliphatic heterocycles. The number of carbonyl (C=O) groups is 1. The molecule has 0 aromatic heterocycles. The molecule has 0 spiro atoms. The number of aliphatic carboxylic acids is 1. The lowest BCUT2D eigenvalue weighted by atomic mass is 9.48. The minimum Gasteiger partial charge on any atom is -0.481 e. The highest BCUT2D eigenvalue weighted by atomic mass is 16.4. The van der Waals surface area contributed by atoms with Crippen LogP contribution in [0.15, 0.2) is 0 Å². The second-order valence-corrected chi connectivity index (χ2v) is 5.51. The summed E-state index contributed by atoms with van der Waals surface area (Å²) in [6.07, 6.45) is 4.19. The molecule has 0 heterocycles. The van der Waals surface area contributed by atoms with E-state index in [4.69, 9.17) is 0 Å². The molecule has 4 bridgehead atoms. The summed E-state index contributed by atoms with van der Waals surface area (Å²) < 4.78 is 0. The standard InChI is InChI=1S/C11H16O3/c12-9-8-2-6-1-7(3-8)5-11(9,4-6)10(13)14/h6-9,12H,1-5H2,(H,13,14)/t6-,7-,8?,9+,11?/m0/s1. The summed E-state index contributed by atoms with van der Waals surface area (Å²) in [7, 11) is 0. The van der Waals surface area contributed by atoms with E-state index < -0.39 is 17.5 Å². The molecule has 0 radical (unpaired) electrons. The quantitative estimate of drug-likeness (QED) is 0.663. The fourth-order valence-electron chi connectivity index (χ4n) is 4.31. The van der Waals surface area contributed by atoms with Gasteiger partial charge in [0.2, 0.25) is 0 Å². The molecule has 3 atom stereocenters. The number of hydrogen-bond donors (Lipinski definition) is 2. The fraction of sp³-hybridized carbons (Fsp3) is 0.909. The lowest BCUT2D eigenvalue weighted by Gasteiger charge is -2.57. The van der Waals surface area contributed by atoms with E-state index in [0.29, 0.717) is 11.8 Å². The number of aliphatic hydroxyl groups excluding tert-OH is 1. The van der Waals surface area contributed by atoms with Gasteiger partial charge in [0.05, 0.1) is 11.5 Å². The number of hydrogen-bond acceptors (Lipinski definition) is 2. The monoisotopic (exact) mass is 196 g/mol. The molecule has 2 N–H and O–H groups in total. The fourth-order valence-corrected chi connectivity index (χ4v) is 4.31. The SMILES string of the molecule is O=C(O)C12C[C@@H]3CC(C[C@H](C3)C1)[C@H]2O. The van der Waals surface area contributed by atoms with Gasteiger partial charge >= 0.3 is 5.97 Å².